The first-order chi connectivity index (χ1) is 8.54. The maximum absolute atomic E-state index is 12.4. The minimum absolute atomic E-state index is 0.114. The SMILES string of the molecule is C=CCN(CCOC)S(=O)(=O)c1ccccc1N. The molecule has 5 nitrogen and oxygen atoms in total. The van der Waals surface area contributed by atoms with Crippen molar-refractivity contribution < 1.29 is 13.2 Å². The van der Waals surface area contributed by atoms with E-state index in [1.807, 2.05) is 0 Å². The summed E-state index contributed by atoms with van der Waals surface area (Å²) in [4.78, 5) is 0.114. The molecule has 18 heavy (non-hydrogen) atoms. The molecule has 1 aromatic rings. The van der Waals surface area contributed by atoms with E-state index in [0.29, 0.717) is 6.61 Å². The molecule has 100 valence electrons. The molecule has 1 aromatic carbocycles. The van der Waals surface area contributed by atoms with Crippen LogP contribution >= 0.6 is 0 Å². The molecule has 0 aliphatic carbocycles. The number of benzene rings is 1. The third kappa shape index (κ3) is 3.32. The Morgan fingerprint density at radius 3 is 2.67 bits per heavy atom. The van der Waals surface area contributed by atoms with Gasteiger partial charge in [0.2, 0.25) is 10.0 Å². The highest BCUT2D eigenvalue weighted by molar-refractivity contribution is 7.89. The lowest BCUT2D eigenvalue weighted by Crippen LogP contribution is -2.34. The summed E-state index contributed by atoms with van der Waals surface area (Å²) in [7, 11) is -2.09. The minimum Gasteiger partial charge on any atom is -0.398 e. The lowest BCUT2D eigenvalue weighted by molar-refractivity contribution is 0.182. The number of nitrogens with two attached hydrogens (primary N) is 1. The van der Waals surface area contributed by atoms with Gasteiger partial charge in [0.1, 0.15) is 4.90 Å². The van der Waals surface area contributed by atoms with Gasteiger partial charge in [0.25, 0.3) is 0 Å². The van der Waals surface area contributed by atoms with Crippen LogP contribution in [0.5, 0.6) is 0 Å². The highest BCUT2D eigenvalue weighted by atomic mass is 32.2. The lowest BCUT2D eigenvalue weighted by atomic mass is 10.3. The summed E-state index contributed by atoms with van der Waals surface area (Å²) >= 11 is 0. The van der Waals surface area contributed by atoms with Crippen molar-refractivity contribution in [1.29, 1.82) is 0 Å². The molecular formula is C12H18N2O3S. The van der Waals surface area contributed by atoms with Gasteiger partial charge in [-0.1, -0.05) is 18.2 Å². The number of nitrogens with zero attached hydrogens (tertiary/aromatic N) is 1. The Bertz CT molecular complexity index is 500. The molecule has 0 spiro atoms. The summed E-state index contributed by atoms with van der Waals surface area (Å²) in [5.74, 6) is 0. The van der Waals surface area contributed by atoms with E-state index in [2.05, 4.69) is 6.58 Å². The van der Waals surface area contributed by atoms with Gasteiger partial charge in [-0.05, 0) is 12.1 Å². The predicted octanol–water partition coefficient (Wildman–Crippen LogP) is 1.09. The van der Waals surface area contributed by atoms with Gasteiger partial charge in [-0.3, -0.25) is 0 Å². The molecule has 0 heterocycles. The van der Waals surface area contributed by atoms with E-state index in [0.717, 1.165) is 0 Å². The molecule has 0 aromatic heterocycles. The molecule has 0 aliphatic rings. The summed E-state index contributed by atoms with van der Waals surface area (Å²) in [6, 6.07) is 6.40. The third-order valence-electron chi connectivity index (χ3n) is 2.41. The highest BCUT2D eigenvalue weighted by Crippen LogP contribution is 2.21. The van der Waals surface area contributed by atoms with Gasteiger partial charge in [0, 0.05) is 20.2 Å². The average molecular weight is 270 g/mol. The van der Waals surface area contributed by atoms with Crippen LogP contribution in [0.3, 0.4) is 0 Å². The van der Waals surface area contributed by atoms with Crippen LogP contribution in [0.4, 0.5) is 5.69 Å². The standard InChI is InChI=1S/C12H18N2O3S/c1-3-8-14(9-10-17-2)18(15,16)12-7-5-4-6-11(12)13/h3-7H,1,8-10,13H2,2H3. The Labute approximate surface area is 108 Å². The Morgan fingerprint density at radius 1 is 1.44 bits per heavy atom. The van der Waals surface area contributed by atoms with Crippen molar-refractivity contribution in [2.75, 3.05) is 32.5 Å². The molecule has 0 atom stereocenters. The molecule has 0 aliphatic heterocycles. The van der Waals surface area contributed by atoms with Gasteiger partial charge >= 0.3 is 0 Å². The second-order valence-corrected chi connectivity index (χ2v) is 5.59. The molecule has 0 saturated carbocycles. The molecule has 0 unspecified atom stereocenters. The van der Waals surface area contributed by atoms with Gasteiger partial charge in [0.15, 0.2) is 0 Å². The van der Waals surface area contributed by atoms with E-state index >= 15 is 0 Å². The first-order valence-electron chi connectivity index (χ1n) is 5.48. The molecule has 0 fully saturated rings. The van der Waals surface area contributed by atoms with Crippen molar-refractivity contribution in [3.05, 3.63) is 36.9 Å². The van der Waals surface area contributed by atoms with E-state index < -0.39 is 10.0 Å². The number of methoxy groups -OCH3 is 1. The number of para-hydroxylation sites is 1. The number of hydrogen-bond acceptors (Lipinski definition) is 4. The summed E-state index contributed by atoms with van der Waals surface area (Å²) in [5, 5.41) is 0. The second kappa shape index (κ2) is 6.53. The fourth-order valence-electron chi connectivity index (χ4n) is 1.50. The summed E-state index contributed by atoms with van der Waals surface area (Å²) in [5.41, 5.74) is 5.95. The van der Waals surface area contributed by atoms with Crippen molar-refractivity contribution in [3.8, 4) is 0 Å². The van der Waals surface area contributed by atoms with E-state index in [4.69, 9.17) is 10.5 Å². The van der Waals surface area contributed by atoms with Crippen molar-refractivity contribution in [1.82, 2.24) is 4.31 Å². The van der Waals surface area contributed by atoms with E-state index in [-0.39, 0.29) is 23.7 Å². The van der Waals surface area contributed by atoms with Gasteiger partial charge in [-0.25, -0.2) is 8.42 Å². The zero-order valence-electron chi connectivity index (χ0n) is 10.4. The van der Waals surface area contributed by atoms with Crippen molar-refractivity contribution in [3.63, 3.8) is 0 Å². The number of rotatable bonds is 7. The van der Waals surface area contributed by atoms with E-state index in [9.17, 15) is 8.42 Å². The lowest BCUT2D eigenvalue weighted by Gasteiger charge is -2.21. The maximum Gasteiger partial charge on any atom is 0.245 e. The Balaban J connectivity index is 3.08. The van der Waals surface area contributed by atoms with Crippen LogP contribution in [0, 0.1) is 0 Å². The summed E-state index contributed by atoms with van der Waals surface area (Å²) < 4.78 is 31.0. The maximum atomic E-state index is 12.4. The van der Waals surface area contributed by atoms with Crippen LogP contribution in [0.1, 0.15) is 0 Å². The Hall–Kier alpha value is -1.37. The monoisotopic (exact) mass is 270 g/mol. The molecule has 1 rings (SSSR count). The summed E-state index contributed by atoms with van der Waals surface area (Å²) in [6.45, 7) is 4.36. The number of hydrogen-bond donors (Lipinski definition) is 1. The van der Waals surface area contributed by atoms with Crippen LogP contribution in [-0.2, 0) is 14.8 Å². The van der Waals surface area contributed by atoms with Crippen LogP contribution in [0.15, 0.2) is 41.8 Å². The summed E-state index contributed by atoms with van der Waals surface area (Å²) in [6.07, 6.45) is 1.53. The minimum atomic E-state index is -3.61. The fourth-order valence-corrected chi connectivity index (χ4v) is 3.01. The van der Waals surface area contributed by atoms with E-state index in [1.54, 1.807) is 18.2 Å². The molecule has 0 saturated heterocycles. The van der Waals surface area contributed by atoms with Crippen LogP contribution in [0.25, 0.3) is 0 Å². The topological polar surface area (TPSA) is 72.6 Å². The zero-order chi connectivity index (χ0) is 13.6. The molecule has 6 heteroatoms. The van der Waals surface area contributed by atoms with Crippen molar-refractivity contribution in [2.45, 2.75) is 4.90 Å². The zero-order valence-corrected chi connectivity index (χ0v) is 11.2. The fraction of sp³-hybridized carbons (Fsp3) is 0.333. The van der Waals surface area contributed by atoms with Gasteiger partial charge in [-0.15, -0.1) is 6.58 Å². The van der Waals surface area contributed by atoms with Crippen LogP contribution < -0.4 is 5.73 Å². The number of sulfonamides is 1. The second-order valence-electron chi connectivity index (χ2n) is 3.68. The Morgan fingerprint density at radius 2 is 2.11 bits per heavy atom. The van der Waals surface area contributed by atoms with E-state index in [1.165, 1.54) is 23.6 Å². The van der Waals surface area contributed by atoms with Crippen LogP contribution in [0.2, 0.25) is 0 Å². The largest absolute Gasteiger partial charge is 0.398 e. The molecule has 2 N–H and O–H groups in total. The molecule has 0 bridgehead atoms. The Kier molecular flexibility index (Phi) is 5.33. The predicted molar refractivity (Wildman–Crippen MR) is 71.7 cm³/mol. The molecule has 0 radical (unpaired) electrons. The van der Waals surface area contributed by atoms with Crippen molar-refractivity contribution in [2.24, 2.45) is 0 Å². The highest BCUT2D eigenvalue weighted by Gasteiger charge is 2.24. The number of ether oxygens (including phenoxy) is 1. The number of nitrogen functional groups attached to an aromatic ring is 1. The third-order valence-corrected chi connectivity index (χ3v) is 4.35. The molecular weight excluding hydrogens is 252 g/mol. The first kappa shape index (κ1) is 14.7. The van der Waals surface area contributed by atoms with Gasteiger partial charge < -0.3 is 10.5 Å². The first-order valence-corrected chi connectivity index (χ1v) is 6.92. The average Bonchev–Trinajstić information content (AvgIpc) is 2.34. The van der Waals surface area contributed by atoms with Gasteiger partial charge in [-0.2, -0.15) is 4.31 Å². The van der Waals surface area contributed by atoms with Crippen LogP contribution in [-0.4, -0.2) is 39.5 Å². The van der Waals surface area contributed by atoms with Gasteiger partial charge in [0.05, 0.1) is 12.3 Å². The van der Waals surface area contributed by atoms with Crippen molar-refractivity contribution >= 4 is 15.7 Å². The number of anilines is 1. The quantitative estimate of drug-likeness (QED) is 0.594. The molecule has 0 amide bonds. The smallest absolute Gasteiger partial charge is 0.245 e. The normalized spacial score (nSPS) is 11.7.